The topological polar surface area (TPSA) is 69.7 Å². The Hall–Kier alpha value is -3.27. The maximum Gasteiger partial charge on any atom is 0.419 e. The lowest BCUT2D eigenvalue weighted by Crippen LogP contribution is -2.21. The molecule has 1 N–H and O–H groups in total. The number of anilines is 1. The summed E-state index contributed by atoms with van der Waals surface area (Å²) < 4.78 is 54.5. The molecule has 1 aromatic heterocycles. The minimum absolute atomic E-state index is 0.278. The molecule has 0 radical (unpaired) electrons. The minimum atomic E-state index is -4.57. The van der Waals surface area contributed by atoms with Crippen LogP contribution in [0.2, 0.25) is 0 Å². The molecule has 158 valence electrons. The van der Waals surface area contributed by atoms with Crippen LogP contribution in [0.5, 0.6) is 17.2 Å². The second-order valence-electron chi connectivity index (χ2n) is 5.93. The van der Waals surface area contributed by atoms with Gasteiger partial charge in [0.05, 0.1) is 25.5 Å². The number of rotatable bonds is 7. The Balaban J connectivity index is 1.67. The number of carbonyl (C=O) groups is 1. The van der Waals surface area contributed by atoms with E-state index in [0.717, 1.165) is 12.1 Å². The molecule has 3 aromatic rings. The average molecular weight is 438 g/mol. The zero-order valence-corrected chi connectivity index (χ0v) is 16.8. The van der Waals surface area contributed by atoms with Crippen molar-refractivity contribution in [3.63, 3.8) is 0 Å². The molecule has 30 heavy (non-hydrogen) atoms. The minimum Gasteiger partial charge on any atom is -0.497 e. The van der Waals surface area contributed by atoms with Crippen LogP contribution in [-0.2, 0) is 11.0 Å². The first-order valence-electron chi connectivity index (χ1n) is 8.58. The molecule has 3 rings (SSSR count). The van der Waals surface area contributed by atoms with Crippen molar-refractivity contribution >= 4 is 22.4 Å². The van der Waals surface area contributed by atoms with Crippen molar-refractivity contribution in [1.82, 2.24) is 4.98 Å². The molecule has 0 aliphatic heterocycles. The fourth-order valence-corrected chi connectivity index (χ4v) is 3.32. The highest BCUT2D eigenvalue weighted by atomic mass is 32.1. The van der Waals surface area contributed by atoms with Crippen LogP contribution in [0.25, 0.3) is 11.3 Å². The van der Waals surface area contributed by atoms with E-state index >= 15 is 0 Å². The first kappa shape index (κ1) is 21.4. The number of carbonyl (C=O) groups excluding carboxylic acids is 1. The van der Waals surface area contributed by atoms with E-state index in [-0.39, 0.29) is 5.13 Å². The van der Waals surface area contributed by atoms with Gasteiger partial charge in [0.25, 0.3) is 5.91 Å². The van der Waals surface area contributed by atoms with Crippen LogP contribution < -0.4 is 19.5 Å². The van der Waals surface area contributed by atoms with Gasteiger partial charge in [0.2, 0.25) is 0 Å². The van der Waals surface area contributed by atoms with E-state index in [1.807, 2.05) is 0 Å². The molecule has 0 unspecified atom stereocenters. The van der Waals surface area contributed by atoms with Gasteiger partial charge in [-0.05, 0) is 24.3 Å². The smallest absolute Gasteiger partial charge is 0.419 e. The van der Waals surface area contributed by atoms with Gasteiger partial charge in [0, 0.05) is 17.0 Å². The summed E-state index contributed by atoms with van der Waals surface area (Å²) in [4.78, 5) is 16.4. The third kappa shape index (κ3) is 5.01. The largest absolute Gasteiger partial charge is 0.497 e. The molecular formula is C20H17F3N2O4S. The van der Waals surface area contributed by atoms with Crippen molar-refractivity contribution in [2.24, 2.45) is 0 Å². The summed E-state index contributed by atoms with van der Waals surface area (Å²) in [6.45, 7) is -0.589. The zero-order chi connectivity index (χ0) is 21.7. The lowest BCUT2D eigenvalue weighted by Gasteiger charge is -2.13. The number of halogens is 3. The molecule has 0 fully saturated rings. The van der Waals surface area contributed by atoms with Gasteiger partial charge in [-0.15, -0.1) is 11.3 Å². The van der Waals surface area contributed by atoms with E-state index in [9.17, 15) is 18.0 Å². The van der Waals surface area contributed by atoms with E-state index in [0.29, 0.717) is 22.8 Å². The molecule has 0 aliphatic carbocycles. The van der Waals surface area contributed by atoms with Gasteiger partial charge in [0.15, 0.2) is 11.7 Å². The molecule has 0 aliphatic rings. The highest BCUT2D eigenvalue weighted by Crippen LogP contribution is 2.36. The van der Waals surface area contributed by atoms with Gasteiger partial charge in [-0.1, -0.05) is 12.1 Å². The summed E-state index contributed by atoms with van der Waals surface area (Å²) in [6.07, 6.45) is -4.57. The third-order valence-electron chi connectivity index (χ3n) is 3.99. The van der Waals surface area contributed by atoms with E-state index in [2.05, 4.69) is 10.3 Å². The van der Waals surface area contributed by atoms with Crippen LogP contribution in [-0.4, -0.2) is 31.7 Å². The lowest BCUT2D eigenvalue weighted by atomic mass is 10.1. The second-order valence-corrected chi connectivity index (χ2v) is 6.79. The zero-order valence-electron chi connectivity index (χ0n) is 15.9. The number of amides is 1. The molecule has 0 atom stereocenters. The standard InChI is InChI=1S/C20H17F3N2O4S/c1-27-12-7-8-13(17(9-12)28-2)15-11-30-19(24-15)25-18(26)10-29-16-6-4-3-5-14(16)20(21,22)23/h3-9,11H,10H2,1-2H3,(H,24,25,26). The molecule has 0 saturated heterocycles. The average Bonchev–Trinajstić information content (AvgIpc) is 3.19. The quantitative estimate of drug-likeness (QED) is 0.570. The fourth-order valence-electron chi connectivity index (χ4n) is 2.59. The fraction of sp³-hybridized carbons (Fsp3) is 0.200. The number of methoxy groups -OCH3 is 2. The molecule has 0 spiro atoms. The van der Waals surface area contributed by atoms with Gasteiger partial charge in [-0.25, -0.2) is 4.98 Å². The lowest BCUT2D eigenvalue weighted by molar-refractivity contribution is -0.139. The summed E-state index contributed by atoms with van der Waals surface area (Å²) in [7, 11) is 3.06. The number of para-hydroxylation sites is 1. The summed E-state index contributed by atoms with van der Waals surface area (Å²) in [5.74, 6) is 0.123. The van der Waals surface area contributed by atoms with Gasteiger partial charge in [-0.2, -0.15) is 13.2 Å². The van der Waals surface area contributed by atoms with Crippen LogP contribution in [0, 0.1) is 0 Å². The number of benzene rings is 2. The van der Waals surface area contributed by atoms with Crippen molar-refractivity contribution in [3.05, 3.63) is 53.4 Å². The number of alkyl halides is 3. The molecule has 1 amide bonds. The summed E-state index contributed by atoms with van der Waals surface area (Å²) >= 11 is 1.17. The summed E-state index contributed by atoms with van der Waals surface area (Å²) in [5.41, 5.74) is 0.324. The highest BCUT2D eigenvalue weighted by molar-refractivity contribution is 7.14. The molecule has 0 saturated carbocycles. The number of nitrogens with one attached hydrogen (secondary N) is 1. The predicted octanol–water partition coefficient (Wildman–Crippen LogP) is 4.86. The molecular weight excluding hydrogens is 421 g/mol. The van der Waals surface area contributed by atoms with Crippen LogP contribution >= 0.6 is 11.3 Å². The van der Waals surface area contributed by atoms with Crippen LogP contribution in [0.1, 0.15) is 5.56 Å². The first-order chi connectivity index (χ1) is 14.3. The molecule has 0 bridgehead atoms. The normalized spacial score (nSPS) is 11.1. The molecule has 2 aromatic carbocycles. The highest BCUT2D eigenvalue weighted by Gasteiger charge is 2.34. The van der Waals surface area contributed by atoms with Crippen molar-refractivity contribution in [2.45, 2.75) is 6.18 Å². The number of thiazole rings is 1. The van der Waals surface area contributed by atoms with E-state index in [4.69, 9.17) is 14.2 Å². The van der Waals surface area contributed by atoms with E-state index < -0.39 is 30.0 Å². The Morgan fingerprint density at radius 3 is 2.57 bits per heavy atom. The maximum atomic E-state index is 13.0. The Labute approximate surface area is 174 Å². The first-order valence-corrected chi connectivity index (χ1v) is 9.46. The van der Waals surface area contributed by atoms with E-state index in [1.54, 1.807) is 30.7 Å². The molecule has 10 heteroatoms. The number of hydrogen-bond donors (Lipinski definition) is 1. The third-order valence-corrected chi connectivity index (χ3v) is 4.74. The molecule has 6 nitrogen and oxygen atoms in total. The van der Waals surface area contributed by atoms with Crippen molar-refractivity contribution in [1.29, 1.82) is 0 Å². The second kappa shape index (κ2) is 9.04. The number of aromatic nitrogens is 1. The Morgan fingerprint density at radius 2 is 1.87 bits per heavy atom. The van der Waals surface area contributed by atoms with Crippen molar-refractivity contribution in [3.8, 4) is 28.5 Å². The van der Waals surface area contributed by atoms with Crippen molar-refractivity contribution in [2.75, 3.05) is 26.1 Å². The van der Waals surface area contributed by atoms with Gasteiger partial charge in [-0.3, -0.25) is 10.1 Å². The monoisotopic (exact) mass is 438 g/mol. The Kier molecular flexibility index (Phi) is 6.46. The number of nitrogens with zero attached hydrogens (tertiary/aromatic N) is 1. The van der Waals surface area contributed by atoms with Crippen molar-refractivity contribution < 1.29 is 32.2 Å². The van der Waals surface area contributed by atoms with Gasteiger partial charge < -0.3 is 14.2 Å². The van der Waals surface area contributed by atoms with Crippen LogP contribution in [0.15, 0.2) is 47.8 Å². The Morgan fingerprint density at radius 1 is 1.10 bits per heavy atom. The summed E-state index contributed by atoms with van der Waals surface area (Å²) in [5, 5.41) is 4.52. The van der Waals surface area contributed by atoms with Gasteiger partial charge in [0.1, 0.15) is 17.2 Å². The predicted molar refractivity (Wildman–Crippen MR) is 106 cm³/mol. The maximum absolute atomic E-state index is 13.0. The molecule has 1 heterocycles. The Bertz CT molecular complexity index is 1040. The van der Waals surface area contributed by atoms with E-state index in [1.165, 1.54) is 30.6 Å². The number of hydrogen-bond acceptors (Lipinski definition) is 6. The van der Waals surface area contributed by atoms with Gasteiger partial charge >= 0.3 is 6.18 Å². The SMILES string of the molecule is COc1ccc(-c2csc(NC(=O)COc3ccccc3C(F)(F)F)n2)c(OC)c1. The van der Waals surface area contributed by atoms with Crippen LogP contribution in [0.4, 0.5) is 18.3 Å². The summed E-state index contributed by atoms with van der Waals surface area (Å²) in [6, 6.07) is 9.93. The number of ether oxygens (including phenoxy) is 3. The van der Waals surface area contributed by atoms with Crippen LogP contribution in [0.3, 0.4) is 0 Å².